The van der Waals surface area contributed by atoms with Crippen molar-refractivity contribution in [2.75, 3.05) is 6.54 Å². The second kappa shape index (κ2) is 6.05. The summed E-state index contributed by atoms with van der Waals surface area (Å²) in [5, 5.41) is 0. The van der Waals surface area contributed by atoms with Crippen molar-refractivity contribution in [3.63, 3.8) is 0 Å². The SMILES string of the molecule is CCCN(C1CCCCC1)[SiH]1CCCC1. The first-order chi connectivity index (χ1) is 7.42. The van der Waals surface area contributed by atoms with Gasteiger partial charge in [-0.2, -0.15) is 0 Å². The fourth-order valence-electron chi connectivity index (χ4n) is 3.57. The van der Waals surface area contributed by atoms with Crippen LogP contribution in [0.15, 0.2) is 0 Å². The first-order valence-corrected chi connectivity index (χ1v) is 9.32. The molecule has 1 aliphatic heterocycles. The Labute approximate surface area is 96.9 Å². The molecule has 0 aromatic carbocycles. The van der Waals surface area contributed by atoms with Gasteiger partial charge in [0.15, 0.2) is 0 Å². The summed E-state index contributed by atoms with van der Waals surface area (Å²) in [4.78, 5) is 0. The first kappa shape index (κ1) is 11.7. The Balaban J connectivity index is 1.90. The van der Waals surface area contributed by atoms with Gasteiger partial charge in [0, 0.05) is 6.04 Å². The van der Waals surface area contributed by atoms with Crippen LogP contribution in [0.1, 0.15) is 58.3 Å². The quantitative estimate of drug-likeness (QED) is 0.661. The molecular formula is C13H27NSi. The Kier molecular flexibility index (Phi) is 4.70. The van der Waals surface area contributed by atoms with Crippen LogP contribution in [-0.4, -0.2) is 26.1 Å². The van der Waals surface area contributed by atoms with Crippen LogP contribution in [0.4, 0.5) is 0 Å². The van der Waals surface area contributed by atoms with Gasteiger partial charge in [0.25, 0.3) is 0 Å². The van der Waals surface area contributed by atoms with Crippen molar-refractivity contribution in [1.29, 1.82) is 0 Å². The first-order valence-electron chi connectivity index (χ1n) is 7.17. The molecule has 0 spiro atoms. The Morgan fingerprint density at radius 3 is 2.27 bits per heavy atom. The molecule has 0 bridgehead atoms. The highest BCUT2D eigenvalue weighted by Crippen LogP contribution is 2.29. The minimum atomic E-state index is -0.454. The van der Waals surface area contributed by atoms with E-state index in [9.17, 15) is 0 Å². The molecule has 88 valence electrons. The molecule has 0 aromatic heterocycles. The fraction of sp³-hybridized carbons (Fsp3) is 1.00. The number of hydrogen-bond acceptors (Lipinski definition) is 1. The highest BCUT2D eigenvalue weighted by atomic mass is 28.3. The van der Waals surface area contributed by atoms with Gasteiger partial charge < -0.3 is 4.57 Å². The lowest BCUT2D eigenvalue weighted by molar-refractivity contribution is 0.251. The maximum Gasteiger partial charge on any atom is 0.112 e. The second-order valence-electron chi connectivity index (χ2n) is 5.47. The molecular weight excluding hydrogens is 198 g/mol. The second-order valence-corrected chi connectivity index (χ2v) is 8.59. The van der Waals surface area contributed by atoms with E-state index >= 15 is 0 Å². The van der Waals surface area contributed by atoms with Crippen LogP contribution in [0.2, 0.25) is 12.1 Å². The standard InChI is InChI=1S/C13H27NSi/c1-2-10-14(15-11-6-7-12-15)13-8-4-3-5-9-13/h13,15H,2-12H2,1H3. The minimum Gasteiger partial charge on any atom is -0.323 e. The molecule has 2 rings (SSSR count). The molecule has 0 amide bonds. The molecule has 0 N–H and O–H groups in total. The molecule has 1 saturated carbocycles. The van der Waals surface area contributed by atoms with E-state index in [-0.39, 0.29) is 0 Å². The number of hydrogen-bond donors (Lipinski definition) is 0. The third kappa shape index (κ3) is 3.07. The average Bonchev–Trinajstić information content (AvgIpc) is 2.80. The van der Waals surface area contributed by atoms with Crippen LogP contribution in [0.25, 0.3) is 0 Å². The lowest BCUT2D eigenvalue weighted by Crippen LogP contribution is -2.46. The summed E-state index contributed by atoms with van der Waals surface area (Å²) in [5.41, 5.74) is 0. The lowest BCUT2D eigenvalue weighted by atomic mass is 9.95. The van der Waals surface area contributed by atoms with Gasteiger partial charge in [-0.25, -0.2) is 0 Å². The van der Waals surface area contributed by atoms with Crippen molar-refractivity contribution < 1.29 is 0 Å². The average molecular weight is 225 g/mol. The molecule has 0 radical (unpaired) electrons. The van der Waals surface area contributed by atoms with Crippen molar-refractivity contribution in [2.45, 2.75) is 76.4 Å². The van der Waals surface area contributed by atoms with Gasteiger partial charge in [-0.3, -0.25) is 0 Å². The van der Waals surface area contributed by atoms with Crippen molar-refractivity contribution in [3.05, 3.63) is 0 Å². The zero-order valence-electron chi connectivity index (χ0n) is 10.4. The smallest absolute Gasteiger partial charge is 0.112 e. The highest BCUT2D eigenvalue weighted by Gasteiger charge is 2.29. The van der Waals surface area contributed by atoms with Gasteiger partial charge >= 0.3 is 0 Å². The molecule has 2 fully saturated rings. The van der Waals surface area contributed by atoms with E-state index in [4.69, 9.17) is 0 Å². The summed E-state index contributed by atoms with van der Waals surface area (Å²) in [7, 11) is -0.454. The van der Waals surface area contributed by atoms with E-state index in [0.717, 1.165) is 6.04 Å². The summed E-state index contributed by atoms with van der Waals surface area (Å²) in [6.07, 6.45) is 12.0. The molecule has 1 aliphatic carbocycles. The van der Waals surface area contributed by atoms with Gasteiger partial charge in [-0.1, -0.05) is 39.0 Å². The molecule has 0 unspecified atom stereocenters. The fourth-order valence-corrected chi connectivity index (χ4v) is 7.56. The Morgan fingerprint density at radius 1 is 1.00 bits per heavy atom. The number of nitrogens with zero attached hydrogens (tertiary/aromatic N) is 1. The van der Waals surface area contributed by atoms with Crippen molar-refractivity contribution in [3.8, 4) is 0 Å². The lowest BCUT2D eigenvalue weighted by Gasteiger charge is -2.38. The third-order valence-electron chi connectivity index (χ3n) is 4.32. The molecule has 0 atom stereocenters. The molecule has 1 saturated heterocycles. The summed E-state index contributed by atoms with van der Waals surface area (Å²) >= 11 is 0. The van der Waals surface area contributed by atoms with Crippen molar-refractivity contribution >= 4 is 8.96 Å². The van der Waals surface area contributed by atoms with E-state index in [0.29, 0.717) is 0 Å². The molecule has 1 heterocycles. The van der Waals surface area contributed by atoms with Crippen LogP contribution in [-0.2, 0) is 0 Å². The molecule has 15 heavy (non-hydrogen) atoms. The van der Waals surface area contributed by atoms with E-state index in [1.807, 2.05) is 0 Å². The summed E-state index contributed by atoms with van der Waals surface area (Å²) in [6, 6.07) is 4.25. The van der Waals surface area contributed by atoms with Gasteiger partial charge in [0.1, 0.15) is 8.96 Å². The van der Waals surface area contributed by atoms with Crippen LogP contribution in [0, 0.1) is 0 Å². The van der Waals surface area contributed by atoms with Gasteiger partial charge in [0.2, 0.25) is 0 Å². The van der Waals surface area contributed by atoms with Crippen molar-refractivity contribution in [1.82, 2.24) is 4.57 Å². The van der Waals surface area contributed by atoms with Crippen LogP contribution >= 0.6 is 0 Å². The van der Waals surface area contributed by atoms with Crippen molar-refractivity contribution in [2.24, 2.45) is 0 Å². The normalized spacial score (nSPS) is 25.2. The Morgan fingerprint density at radius 2 is 1.67 bits per heavy atom. The van der Waals surface area contributed by atoms with Crippen LogP contribution in [0.5, 0.6) is 0 Å². The van der Waals surface area contributed by atoms with Gasteiger partial charge in [-0.05, 0) is 37.9 Å². The summed E-state index contributed by atoms with van der Waals surface area (Å²) in [6.45, 7) is 3.78. The maximum absolute atomic E-state index is 3.02. The highest BCUT2D eigenvalue weighted by molar-refractivity contribution is 6.56. The predicted molar refractivity (Wildman–Crippen MR) is 69.9 cm³/mol. The predicted octanol–water partition coefficient (Wildman–Crippen LogP) is 3.55. The van der Waals surface area contributed by atoms with E-state index in [2.05, 4.69) is 11.5 Å². The zero-order valence-corrected chi connectivity index (χ0v) is 11.5. The monoisotopic (exact) mass is 225 g/mol. The van der Waals surface area contributed by atoms with E-state index < -0.39 is 8.96 Å². The van der Waals surface area contributed by atoms with Gasteiger partial charge in [-0.15, -0.1) is 0 Å². The van der Waals surface area contributed by atoms with E-state index in [1.54, 1.807) is 24.9 Å². The topological polar surface area (TPSA) is 3.24 Å². The Hall–Kier alpha value is 0.177. The molecule has 2 aliphatic rings. The maximum atomic E-state index is 3.02. The van der Waals surface area contributed by atoms with Gasteiger partial charge in [0.05, 0.1) is 0 Å². The summed E-state index contributed by atoms with van der Waals surface area (Å²) in [5.74, 6) is 0. The molecule has 2 heteroatoms. The van der Waals surface area contributed by atoms with Crippen LogP contribution < -0.4 is 0 Å². The minimum absolute atomic E-state index is 0.454. The van der Waals surface area contributed by atoms with E-state index in [1.165, 1.54) is 45.1 Å². The zero-order chi connectivity index (χ0) is 10.5. The number of rotatable bonds is 4. The Bertz CT molecular complexity index is 171. The molecule has 0 aromatic rings. The third-order valence-corrected chi connectivity index (χ3v) is 8.09. The molecule has 1 nitrogen and oxygen atoms in total. The largest absolute Gasteiger partial charge is 0.323 e. The summed E-state index contributed by atoms with van der Waals surface area (Å²) < 4.78 is 3.02. The van der Waals surface area contributed by atoms with Crippen LogP contribution in [0.3, 0.4) is 0 Å².